The predicted molar refractivity (Wildman–Crippen MR) is 66.8 cm³/mol. The maximum Gasteiger partial charge on any atom is 0.00671 e. The molecule has 0 aromatic rings. The Morgan fingerprint density at radius 1 is 1.20 bits per heavy atom. The zero-order valence-electron chi connectivity index (χ0n) is 10.6. The molecular formula is C13H28N2. The molecule has 0 heterocycles. The first-order chi connectivity index (χ1) is 7.15. The summed E-state index contributed by atoms with van der Waals surface area (Å²) < 4.78 is 0. The van der Waals surface area contributed by atoms with Crippen molar-refractivity contribution >= 4 is 0 Å². The largest absolute Gasteiger partial charge is 0.330 e. The van der Waals surface area contributed by atoms with Crippen LogP contribution in [0.15, 0.2) is 0 Å². The van der Waals surface area contributed by atoms with E-state index < -0.39 is 0 Å². The molecule has 0 bridgehead atoms. The highest BCUT2D eigenvalue weighted by Gasteiger charge is 2.22. The molecule has 0 aliphatic heterocycles. The van der Waals surface area contributed by atoms with Crippen molar-refractivity contribution in [2.75, 3.05) is 13.1 Å². The van der Waals surface area contributed by atoms with E-state index in [1.807, 2.05) is 0 Å². The van der Waals surface area contributed by atoms with Crippen LogP contribution < -0.4 is 11.1 Å². The first-order valence-corrected chi connectivity index (χ1v) is 6.58. The Morgan fingerprint density at radius 2 is 1.80 bits per heavy atom. The van der Waals surface area contributed by atoms with Gasteiger partial charge in [-0.25, -0.2) is 0 Å². The molecule has 1 unspecified atom stereocenters. The molecule has 2 nitrogen and oxygen atoms in total. The fraction of sp³-hybridized carbons (Fsp3) is 1.00. The molecule has 2 atom stereocenters. The van der Waals surface area contributed by atoms with Gasteiger partial charge in [-0.05, 0) is 50.6 Å². The molecule has 0 aromatic heterocycles. The zero-order chi connectivity index (χ0) is 11.3. The summed E-state index contributed by atoms with van der Waals surface area (Å²) in [7, 11) is 0. The molecule has 2 heteroatoms. The van der Waals surface area contributed by atoms with E-state index in [9.17, 15) is 0 Å². The molecular weight excluding hydrogens is 184 g/mol. The second-order valence-electron chi connectivity index (χ2n) is 5.48. The van der Waals surface area contributed by atoms with Crippen LogP contribution in [-0.4, -0.2) is 19.1 Å². The van der Waals surface area contributed by atoms with Crippen molar-refractivity contribution in [3.05, 3.63) is 0 Å². The summed E-state index contributed by atoms with van der Waals surface area (Å²) in [5.74, 6) is 2.24. The minimum Gasteiger partial charge on any atom is -0.330 e. The number of hydrogen-bond donors (Lipinski definition) is 2. The van der Waals surface area contributed by atoms with Crippen molar-refractivity contribution in [2.45, 2.75) is 52.5 Å². The van der Waals surface area contributed by atoms with E-state index in [-0.39, 0.29) is 0 Å². The van der Waals surface area contributed by atoms with Gasteiger partial charge in [0.2, 0.25) is 0 Å². The zero-order valence-corrected chi connectivity index (χ0v) is 10.6. The van der Waals surface area contributed by atoms with Gasteiger partial charge < -0.3 is 11.1 Å². The van der Waals surface area contributed by atoms with Crippen LogP contribution in [-0.2, 0) is 0 Å². The lowest BCUT2D eigenvalue weighted by Crippen LogP contribution is -2.39. The third-order valence-corrected chi connectivity index (χ3v) is 4.05. The van der Waals surface area contributed by atoms with Crippen molar-refractivity contribution < 1.29 is 0 Å². The first kappa shape index (κ1) is 13.0. The highest BCUT2D eigenvalue weighted by atomic mass is 14.9. The van der Waals surface area contributed by atoms with Crippen LogP contribution in [0.5, 0.6) is 0 Å². The SMILES string of the molecule is CC(C)C(CN)CN[C@H](C)C1CCCC1. The van der Waals surface area contributed by atoms with E-state index in [2.05, 4.69) is 26.1 Å². The van der Waals surface area contributed by atoms with Gasteiger partial charge in [-0.15, -0.1) is 0 Å². The normalized spacial score (nSPS) is 22.2. The van der Waals surface area contributed by atoms with Gasteiger partial charge in [0.15, 0.2) is 0 Å². The van der Waals surface area contributed by atoms with Crippen molar-refractivity contribution in [1.82, 2.24) is 5.32 Å². The van der Waals surface area contributed by atoms with Gasteiger partial charge in [-0.1, -0.05) is 26.7 Å². The Labute approximate surface area is 95.0 Å². The van der Waals surface area contributed by atoms with E-state index in [0.717, 1.165) is 19.0 Å². The lowest BCUT2D eigenvalue weighted by atomic mass is 9.94. The molecule has 1 aliphatic carbocycles. The molecule has 0 saturated heterocycles. The maximum absolute atomic E-state index is 5.77. The van der Waals surface area contributed by atoms with Crippen LogP contribution in [0.4, 0.5) is 0 Å². The summed E-state index contributed by atoms with van der Waals surface area (Å²) in [5.41, 5.74) is 5.77. The molecule has 1 saturated carbocycles. The van der Waals surface area contributed by atoms with Crippen LogP contribution in [0, 0.1) is 17.8 Å². The summed E-state index contributed by atoms with van der Waals surface area (Å²) in [5, 5.41) is 3.68. The molecule has 3 N–H and O–H groups in total. The maximum atomic E-state index is 5.77. The minimum atomic E-state index is 0.633. The summed E-state index contributed by atoms with van der Waals surface area (Å²) in [6.07, 6.45) is 5.70. The lowest BCUT2D eigenvalue weighted by molar-refractivity contribution is 0.314. The molecule has 15 heavy (non-hydrogen) atoms. The number of rotatable bonds is 6. The van der Waals surface area contributed by atoms with Crippen molar-refractivity contribution in [1.29, 1.82) is 0 Å². The first-order valence-electron chi connectivity index (χ1n) is 6.58. The van der Waals surface area contributed by atoms with Gasteiger partial charge in [0, 0.05) is 6.04 Å². The van der Waals surface area contributed by atoms with E-state index in [1.165, 1.54) is 25.7 Å². The Bertz CT molecular complexity index is 162. The highest BCUT2D eigenvalue weighted by molar-refractivity contribution is 4.78. The fourth-order valence-corrected chi connectivity index (χ4v) is 2.55. The van der Waals surface area contributed by atoms with Crippen molar-refractivity contribution in [3.8, 4) is 0 Å². The van der Waals surface area contributed by atoms with Gasteiger partial charge in [-0.3, -0.25) is 0 Å². The van der Waals surface area contributed by atoms with E-state index >= 15 is 0 Å². The second-order valence-corrected chi connectivity index (χ2v) is 5.48. The number of nitrogens with two attached hydrogens (primary N) is 1. The molecule has 0 spiro atoms. The number of nitrogens with one attached hydrogen (secondary N) is 1. The Kier molecular flexibility index (Phi) is 5.62. The summed E-state index contributed by atoms with van der Waals surface area (Å²) in [6, 6.07) is 0.681. The van der Waals surface area contributed by atoms with Gasteiger partial charge in [0.05, 0.1) is 0 Å². The Hall–Kier alpha value is -0.0800. The van der Waals surface area contributed by atoms with Crippen LogP contribution in [0.3, 0.4) is 0 Å². The van der Waals surface area contributed by atoms with Gasteiger partial charge in [0.25, 0.3) is 0 Å². The van der Waals surface area contributed by atoms with Gasteiger partial charge >= 0.3 is 0 Å². The topological polar surface area (TPSA) is 38.0 Å². The van der Waals surface area contributed by atoms with Crippen LogP contribution in [0.1, 0.15) is 46.5 Å². The summed E-state index contributed by atoms with van der Waals surface area (Å²) in [4.78, 5) is 0. The lowest BCUT2D eigenvalue weighted by Gasteiger charge is -2.25. The predicted octanol–water partition coefficient (Wildman–Crippen LogP) is 2.39. The van der Waals surface area contributed by atoms with Gasteiger partial charge in [-0.2, -0.15) is 0 Å². The molecule has 0 radical (unpaired) electrons. The third kappa shape index (κ3) is 4.12. The minimum absolute atomic E-state index is 0.633. The molecule has 0 amide bonds. The Balaban J connectivity index is 2.22. The standard InChI is InChI=1S/C13H28N2/c1-10(2)13(8-14)9-15-11(3)12-6-4-5-7-12/h10-13,15H,4-9,14H2,1-3H3/t11-,13?/m1/s1. The molecule has 0 aromatic carbocycles. The number of hydrogen-bond acceptors (Lipinski definition) is 2. The monoisotopic (exact) mass is 212 g/mol. The third-order valence-electron chi connectivity index (χ3n) is 4.05. The second kappa shape index (κ2) is 6.49. The molecule has 1 fully saturated rings. The van der Waals surface area contributed by atoms with E-state index in [1.54, 1.807) is 0 Å². The molecule has 1 rings (SSSR count). The summed E-state index contributed by atoms with van der Waals surface area (Å²) in [6.45, 7) is 8.76. The summed E-state index contributed by atoms with van der Waals surface area (Å²) >= 11 is 0. The van der Waals surface area contributed by atoms with Crippen LogP contribution in [0.25, 0.3) is 0 Å². The average molecular weight is 212 g/mol. The van der Waals surface area contributed by atoms with Crippen molar-refractivity contribution in [2.24, 2.45) is 23.5 Å². The molecule has 1 aliphatic rings. The smallest absolute Gasteiger partial charge is 0.00671 e. The highest BCUT2D eigenvalue weighted by Crippen LogP contribution is 2.27. The van der Waals surface area contributed by atoms with Crippen LogP contribution in [0.2, 0.25) is 0 Å². The fourth-order valence-electron chi connectivity index (χ4n) is 2.55. The molecule has 90 valence electrons. The quantitative estimate of drug-likeness (QED) is 0.709. The Morgan fingerprint density at radius 3 is 2.27 bits per heavy atom. The van der Waals surface area contributed by atoms with Gasteiger partial charge in [0.1, 0.15) is 0 Å². The van der Waals surface area contributed by atoms with E-state index in [4.69, 9.17) is 5.73 Å². The average Bonchev–Trinajstić information content (AvgIpc) is 2.70. The van der Waals surface area contributed by atoms with Crippen molar-refractivity contribution in [3.63, 3.8) is 0 Å². The van der Waals surface area contributed by atoms with E-state index in [0.29, 0.717) is 17.9 Å². The van der Waals surface area contributed by atoms with Crippen LogP contribution >= 0.6 is 0 Å².